The van der Waals surface area contributed by atoms with Gasteiger partial charge in [0.05, 0.1) is 10.5 Å². The van der Waals surface area contributed by atoms with Gasteiger partial charge in [0.15, 0.2) is 0 Å². The Bertz CT molecular complexity index is 1010. The Morgan fingerprint density at radius 3 is 2.69 bits per heavy atom. The molecule has 0 radical (unpaired) electrons. The van der Waals surface area contributed by atoms with Gasteiger partial charge in [-0.3, -0.25) is 9.69 Å². The molecule has 1 aliphatic heterocycles. The maximum Gasteiger partial charge on any atom is 0.416 e. The number of aliphatic carboxylic acids is 1. The largest absolute Gasteiger partial charge is 0.480 e. The molecule has 1 aromatic heterocycles. The molecule has 10 heteroatoms. The molecular formula is C19H14F3NO4S2. The lowest BCUT2D eigenvalue weighted by atomic mass is 10.1. The van der Waals surface area contributed by atoms with E-state index in [4.69, 9.17) is 16.6 Å². The lowest BCUT2D eigenvalue weighted by molar-refractivity contribution is -0.145. The molecule has 2 aromatic rings. The summed E-state index contributed by atoms with van der Waals surface area (Å²) in [5.41, 5.74) is -0.558. The summed E-state index contributed by atoms with van der Waals surface area (Å²) in [6.07, 6.45) is -2.89. The number of carbonyl (C=O) groups is 2. The van der Waals surface area contributed by atoms with Crippen LogP contribution in [0.5, 0.6) is 0 Å². The minimum absolute atomic E-state index is 0.125. The summed E-state index contributed by atoms with van der Waals surface area (Å²) in [7, 11) is 0. The third-order valence-corrected chi connectivity index (χ3v) is 5.51. The maximum absolute atomic E-state index is 12.9. The Labute approximate surface area is 173 Å². The van der Waals surface area contributed by atoms with E-state index in [2.05, 4.69) is 0 Å². The van der Waals surface area contributed by atoms with Crippen molar-refractivity contribution < 1.29 is 32.3 Å². The maximum atomic E-state index is 12.9. The van der Waals surface area contributed by atoms with E-state index in [1.165, 1.54) is 30.3 Å². The molecule has 1 saturated heterocycles. The predicted octanol–water partition coefficient (Wildman–Crippen LogP) is 5.03. The van der Waals surface area contributed by atoms with Gasteiger partial charge in [-0.2, -0.15) is 13.2 Å². The van der Waals surface area contributed by atoms with Gasteiger partial charge in [-0.1, -0.05) is 43.0 Å². The van der Waals surface area contributed by atoms with Crippen LogP contribution in [0.2, 0.25) is 0 Å². The first-order valence-corrected chi connectivity index (χ1v) is 9.61. The number of benzene rings is 1. The van der Waals surface area contributed by atoms with Gasteiger partial charge in [-0.15, -0.1) is 0 Å². The van der Waals surface area contributed by atoms with Gasteiger partial charge in [0.2, 0.25) is 0 Å². The first-order chi connectivity index (χ1) is 13.6. The summed E-state index contributed by atoms with van der Waals surface area (Å²) in [6.45, 7) is 1.63. The van der Waals surface area contributed by atoms with Crippen LogP contribution in [-0.2, 0) is 15.8 Å². The monoisotopic (exact) mass is 441 g/mol. The van der Waals surface area contributed by atoms with Crippen molar-refractivity contribution in [3.05, 3.63) is 52.6 Å². The van der Waals surface area contributed by atoms with Crippen molar-refractivity contribution in [1.29, 1.82) is 0 Å². The summed E-state index contributed by atoms with van der Waals surface area (Å²) >= 11 is 6.08. The van der Waals surface area contributed by atoms with Crippen LogP contribution in [0.1, 0.15) is 24.7 Å². The number of amides is 1. The minimum atomic E-state index is -4.47. The number of thiocarbonyl (C=S) groups is 1. The number of furan rings is 1. The third-order valence-electron chi connectivity index (χ3n) is 4.18. The number of halogens is 3. The van der Waals surface area contributed by atoms with Crippen LogP contribution >= 0.6 is 24.0 Å². The van der Waals surface area contributed by atoms with E-state index in [0.29, 0.717) is 0 Å². The number of nitrogens with zero attached hydrogens (tertiary/aromatic N) is 1. The lowest BCUT2D eigenvalue weighted by Gasteiger charge is -2.21. The van der Waals surface area contributed by atoms with Crippen molar-refractivity contribution >= 4 is 46.3 Å². The Kier molecular flexibility index (Phi) is 5.85. The van der Waals surface area contributed by atoms with Crippen molar-refractivity contribution in [3.8, 4) is 11.3 Å². The fourth-order valence-electron chi connectivity index (χ4n) is 2.78. The molecular weight excluding hydrogens is 427 g/mol. The molecule has 0 aliphatic carbocycles. The van der Waals surface area contributed by atoms with Crippen LogP contribution < -0.4 is 0 Å². The number of carboxylic acids is 1. The zero-order valence-corrected chi connectivity index (χ0v) is 16.5. The minimum Gasteiger partial charge on any atom is -0.480 e. The Morgan fingerprint density at radius 2 is 2.07 bits per heavy atom. The van der Waals surface area contributed by atoms with Gasteiger partial charge in [-0.25, -0.2) is 4.79 Å². The summed E-state index contributed by atoms with van der Waals surface area (Å²) in [6, 6.07) is 6.64. The molecule has 1 atom stereocenters. The smallest absolute Gasteiger partial charge is 0.416 e. The van der Waals surface area contributed by atoms with E-state index in [0.717, 1.165) is 28.8 Å². The van der Waals surface area contributed by atoms with Crippen LogP contribution in [0.3, 0.4) is 0 Å². The average molecular weight is 441 g/mol. The standard InChI is InChI=1S/C19H14F3NO4S2/c1-2-13(17(25)26)23-16(24)15(29-18(23)28)9-12-6-7-14(27-12)10-4-3-5-11(8-10)19(20,21)22/h3-9,13H,2H2,1H3,(H,25,26)/b15-9+/t13-/m0/s1. The SMILES string of the molecule is CC[C@@H](C(=O)O)N1C(=O)/C(=C\c2ccc(-c3cccc(C(F)(F)F)c3)o2)SC1=S. The number of carbonyl (C=O) groups excluding carboxylic acids is 1. The second kappa shape index (κ2) is 8.03. The molecule has 1 aliphatic rings. The second-order valence-electron chi connectivity index (χ2n) is 6.09. The third kappa shape index (κ3) is 4.38. The van der Waals surface area contributed by atoms with Crippen LogP contribution in [-0.4, -0.2) is 32.2 Å². The van der Waals surface area contributed by atoms with Crippen molar-refractivity contribution in [2.75, 3.05) is 0 Å². The fraction of sp³-hybridized carbons (Fsp3) is 0.211. The van der Waals surface area contributed by atoms with Crippen molar-refractivity contribution in [1.82, 2.24) is 4.90 Å². The number of hydrogen-bond donors (Lipinski definition) is 1. The predicted molar refractivity (Wildman–Crippen MR) is 106 cm³/mol. The molecule has 3 rings (SSSR count). The number of rotatable bonds is 5. The van der Waals surface area contributed by atoms with E-state index < -0.39 is 29.7 Å². The second-order valence-corrected chi connectivity index (χ2v) is 7.77. The zero-order chi connectivity index (χ0) is 21.3. The first kappa shape index (κ1) is 21.1. The highest BCUT2D eigenvalue weighted by molar-refractivity contribution is 8.26. The van der Waals surface area contributed by atoms with Crippen LogP contribution in [0.25, 0.3) is 17.4 Å². The van der Waals surface area contributed by atoms with Gasteiger partial charge in [0.25, 0.3) is 5.91 Å². The number of alkyl halides is 3. The highest BCUT2D eigenvalue weighted by Gasteiger charge is 2.39. The first-order valence-electron chi connectivity index (χ1n) is 8.39. The number of thioether (sulfide) groups is 1. The van der Waals surface area contributed by atoms with Crippen LogP contribution in [0.4, 0.5) is 13.2 Å². The van der Waals surface area contributed by atoms with Crippen molar-refractivity contribution in [2.24, 2.45) is 0 Å². The fourth-order valence-corrected chi connectivity index (χ4v) is 4.12. The molecule has 29 heavy (non-hydrogen) atoms. The van der Waals surface area contributed by atoms with E-state index in [-0.39, 0.29) is 32.7 Å². The quantitative estimate of drug-likeness (QED) is 0.518. The van der Waals surface area contributed by atoms with Gasteiger partial charge >= 0.3 is 12.1 Å². The normalized spacial score (nSPS) is 17.2. The molecule has 0 saturated carbocycles. The zero-order valence-electron chi connectivity index (χ0n) is 14.9. The van der Waals surface area contributed by atoms with Crippen molar-refractivity contribution in [2.45, 2.75) is 25.6 Å². The van der Waals surface area contributed by atoms with Crippen LogP contribution in [0.15, 0.2) is 45.7 Å². The van der Waals surface area contributed by atoms with Crippen LogP contribution in [0, 0.1) is 0 Å². The Balaban J connectivity index is 1.87. The summed E-state index contributed by atoms with van der Waals surface area (Å²) in [5, 5.41) is 9.27. The van der Waals surface area contributed by atoms with Gasteiger partial charge in [0, 0.05) is 11.6 Å². The van der Waals surface area contributed by atoms with E-state index in [1.807, 2.05) is 0 Å². The molecule has 0 unspecified atom stereocenters. The van der Waals surface area contributed by atoms with E-state index >= 15 is 0 Å². The lowest BCUT2D eigenvalue weighted by Crippen LogP contribution is -2.43. The number of hydrogen-bond acceptors (Lipinski definition) is 5. The number of carboxylic acid groups (broad SMARTS) is 1. The van der Waals surface area contributed by atoms with Crippen molar-refractivity contribution in [3.63, 3.8) is 0 Å². The van der Waals surface area contributed by atoms with Gasteiger partial charge in [-0.05, 0) is 30.7 Å². The molecule has 0 spiro atoms. The summed E-state index contributed by atoms with van der Waals surface area (Å²) in [4.78, 5) is 25.2. The molecule has 2 heterocycles. The Hall–Kier alpha value is -2.59. The molecule has 5 nitrogen and oxygen atoms in total. The van der Waals surface area contributed by atoms with E-state index in [1.54, 1.807) is 6.92 Å². The summed E-state index contributed by atoms with van der Waals surface area (Å²) in [5.74, 6) is -1.27. The highest BCUT2D eigenvalue weighted by atomic mass is 32.2. The molecule has 1 amide bonds. The highest BCUT2D eigenvalue weighted by Crippen LogP contribution is 2.36. The van der Waals surface area contributed by atoms with Gasteiger partial charge in [0.1, 0.15) is 21.9 Å². The van der Waals surface area contributed by atoms with E-state index in [9.17, 15) is 27.9 Å². The van der Waals surface area contributed by atoms with Gasteiger partial charge < -0.3 is 9.52 Å². The molecule has 0 bridgehead atoms. The molecule has 1 N–H and O–H groups in total. The topological polar surface area (TPSA) is 70.8 Å². The molecule has 152 valence electrons. The average Bonchev–Trinajstić information content (AvgIpc) is 3.22. The molecule has 1 aromatic carbocycles. The Morgan fingerprint density at radius 1 is 1.34 bits per heavy atom. The molecule has 1 fully saturated rings. The summed E-state index contributed by atoms with van der Waals surface area (Å²) < 4.78 is 44.4.